The molecule has 0 saturated carbocycles. The Morgan fingerprint density at radius 1 is 1.65 bits per heavy atom. The Hall–Kier alpha value is -0.630. The van der Waals surface area contributed by atoms with E-state index >= 15 is 0 Å². The third-order valence-corrected chi connectivity index (χ3v) is 6.18. The number of thiophene rings is 1. The zero-order chi connectivity index (χ0) is 12.7. The maximum atomic E-state index is 12.1. The Balaban J connectivity index is 2.23. The van der Waals surface area contributed by atoms with E-state index in [0.29, 0.717) is 18.7 Å². The van der Waals surface area contributed by atoms with Gasteiger partial charge in [-0.3, -0.25) is 0 Å². The van der Waals surface area contributed by atoms with E-state index in [-0.39, 0.29) is 10.3 Å². The summed E-state index contributed by atoms with van der Waals surface area (Å²) >= 11 is 1.12. The van der Waals surface area contributed by atoms with Crippen molar-refractivity contribution >= 4 is 27.0 Å². The summed E-state index contributed by atoms with van der Waals surface area (Å²) in [5.74, 6) is 0. The topological polar surface area (TPSA) is 81.4 Å². The van der Waals surface area contributed by atoms with Gasteiger partial charge in [0.25, 0.3) is 10.0 Å². The van der Waals surface area contributed by atoms with Crippen molar-refractivity contribution in [3.05, 3.63) is 11.4 Å². The zero-order valence-corrected chi connectivity index (χ0v) is 11.4. The number of anilines is 1. The molecule has 1 saturated heterocycles. The van der Waals surface area contributed by atoms with Crippen molar-refractivity contribution in [2.75, 3.05) is 12.3 Å². The van der Waals surface area contributed by atoms with E-state index < -0.39 is 15.6 Å². The van der Waals surface area contributed by atoms with E-state index in [1.165, 1.54) is 6.07 Å². The molecule has 0 radical (unpaired) electrons. The van der Waals surface area contributed by atoms with Crippen LogP contribution >= 0.6 is 11.3 Å². The summed E-state index contributed by atoms with van der Waals surface area (Å²) in [5.41, 5.74) is 5.46. The van der Waals surface area contributed by atoms with Gasteiger partial charge in [0, 0.05) is 17.7 Å². The third-order valence-electron chi connectivity index (χ3n) is 3.11. The van der Waals surface area contributed by atoms with Gasteiger partial charge in [0.15, 0.2) is 0 Å². The highest BCUT2D eigenvalue weighted by Gasteiger charge is 2.40. The maximum absolute atomic E-state index is 12.1. The minimum Gasteiger partial charge on any atom is -0.398 e. The van der Waals surface area contributed by atoms with Gasteiger partial charge in [0.05, 0.1) is 11.6 Å². The Bertz CT molecular complexity index is 511. The summed E-state index contributed by atoms with van der Waals surface area (Å²) in [6.45, 7) is 4.31. The highest BCUT2D eigenvalue weighted by atomic mass is 32.2. The molecule has 7 heteroatoms. The Morgan fingerprint density at radius 3 is 2.82 bits per heavy atom. The highest BCUT2D eigenvalue weighted by molar-refractivity contribution is 7.91. The first-order valence-corrected chi connectivity index (χ1v) is 7.69. The van der Waals surface area contributed by atoms with Gasteiger partial charge in [-0.15, -0.1) is 11.3 Å². The van der Waals surface area contributed by atoms with Gasteiger partial charge in [-0.2, -0.15) is 0 Å². The third kappa shape index (κ3) is 2.47. The minimum absolute atomic E-state index is 0.130. The molecule has 0 aromatic carbocycles. The molecule has 2 atom stereocenters. The number of nitrogens with two attached hydrogens (primary N) is 1. The second-order valence-electron chi connectivity index (χ2n) is 4.49. The molecule has 1 aromatic rings. The van der Waals surface area contributed by atoms with Gasteiger partial charge < -0.3 is 10.5 Å². The van der Waals surface area contributed by atoms with Crippen LogP contribution in [0.1, 0.15) is 20.3 Å². The number of hydrogen-bond acceptors (Lipinski definition) is 5. The number of sulfonamides is 1. The van der Waals surface area contributed by atoms with Crippen LogP contribution in [-0.4, -0.2) is 26.7 Å². The lowest BCUT2D eigenvalue weighted by atomic mass is 9.97. The van der Waals surface area contributed by atoms with Gasteiger partial charge in [0.1, 0.15) is 4.21 Å². The fraction of sp³-hybridized carbons (Fsp3) is 0.600. The summed E-state index contributed by atoms with van der Waals surface area (Å²) in [6, 6.07) is 1.47. The summed E-state index contributed by atoms with van der Waals surface area (Å²) in [6.07, 6.45) is 0.545. The molecule has 0 amide bonds. The summed E-state index contributed by atoms with van der Waals surface area (Å²) < 4.78 is 32.6. The fourth-order valence-corrected chi connectivity index (χ4v) is 4.37. The van der Waals surface area contributed by atoms with E-state index in [9.17, 15) is 8.42 Å². The van der Waals surface area contributed by atoms with E-state index in [0.717, 1.165) is 11.3 Å². The molecule has 2 unspecified atom stereocenters. The standard InChI is InChI=1S/C10H16N2O3S2/c1-7-10(2,3-4-15-7)12-17(13,14)9-5-8(11)6-16-9/h5-7,12H,3-4,11H2,1-2H3. The SMILES string of the molecule is CC1OCCC1(C)NS(=O)(=O)c1cc(N)cs1. The van der Waals surface area contributed by atoms with Crippen LogP contribution in [0, 0.1) is 0 Å². The van der Waals surface area contributed by atoms with Crippen LogP contribution in [0.2, 0.25) is 0 Å². The molecule has 2 heterocycles. The lowest BCUT2D eigenvalue weighted by molar-refractivity contribution is 0.0957. The second kappa shape index (κ2) is 4.24. The van der Waals surface area contributed by atoms with Crippen LogP contribution in [0.4, 0.5) is 5.69 Å². The lowest BCUT2D eigenvalue weighted by Gasteiger charge is -2.28. The van der Waals surface area contributed by atoms with Crippen molar-refractivity contribution in [2.45, 2.75) is 36.1 Å². The first kappa shape index (κ1) is 12.8. The Morgan fingerprint density at radius 2 is 2.35 bits per heavy atom. The lowest BCUT2D eigenvalue weighted by Crippen LogP contribution is -2.50. The van der Waals surface area contributed by atoms with Crippen molar-refractivity contribution in [3.63, 3.8) is 0 Å². The van der Waals surface area contributed by atoms with Gasteiger partial charge in [-0.05, 0) is 26.3 Å². The molecule has 1 aromatic heterocycles. The summed E-state index contributed by atoms with van der Waals surface area (Å²) in [4.78, 5) is 0. The molecule has 96 valence electrons. The average molecular weight is 276 g/mol. The van der Waals surface area contributed by atoms with Crippen LogP contribution in [0.5, 0.6) is 0 Å². The van der Waals surface area contributed by atoms with E-state index in [1.807, 2.05) is 13.8 Å². The van der Waals surface area contributed by atoms with Crippen LogP contribution in [0.15, 0.2) is 15.7 Å². The smallest absolute Gasteiger partial charge is 0.250 e. The largest absolute Gasteiger partial charge is 0.398 e. The molecule has 17 heavy (non-hydrogen) atoms. The molecule has 2 rings (SSSR count). The predicted octanol–water partition coefficient (Wildman–Crippen LogP) is 1.18. The zero-order valence-electron chi connectivity index (χ0n) is 9.76. The van der Waals surface area contributed by atoms with E-state index in [1.54, 1.807) is 5.38 Å². The average Bonchev–Trinajstić information content (AvgIpc) is 2.75. The predicted molar refractivity (Wildman–Crippen MR) is 67.5 cm³/mol. The van der Waals surface area contributed by atoms with Crippen LogP contribution in [0.25, 0.3) is 0 Å². The van der Waals surface area contributed by atoms with Crippen molar-refractivity contribution in [1.82, 2.24) is 4.72 Å². The van der Waals surface area contributed by atoms with Crippen LogP contribution in [-0.2, 0) is 14.8 Å². The molecule has 1 fully saturated rings. The van der Waals surface area contributed by atoms with Crippen molar-refractivity contribution in [1.29, 1.82) is 0 Å². The number of ether oxygens (including phenoxy) is 1. The van der Waals surface area contributed by atoms with Gasteiger partial charge >= 0.3 is 0 Å². The Labute approximate surface area is 105 Å². The molecule has 0 bridgehead atoms. The van der Waals surface area contributed by atoms with Gasteiger partial charge in [-0.25, -0.2) is 13.1 Å². The molecular formula is C10H16N2O3S2. The van der Waals surface area contributed by atoms with Crippen LogP contribution < -0.4 is 10.5 Å². The molecule has 0 spiro atoms. The van der Waals surface area contributed by atoms with Crippen LogP contribution in [0.3, 0.4) is 0 Å². The fourth-order valence-electron chi connectivity index (χ4n) is 1.80. The number of nitrogens with one attached hydrogen (secondary N) is 1. The van der Waals surface area contributed by atoms with Crippen molar-refractivity contribution in [3.8, 4) is 0 Å². The van der Waals surface area contributed by atoms with Crippen molar-refractivity contribution < 1.29 is 13.2 Å². The number of hydrogen-bond donors (Lipinski definition) is 2. The summed E-state index contributed by atoms with van der Waals surface area (Å²) in [7, 11) is -3.51. The molecule has 1 aliphatic rings. The minimum atomic E-state index is -3.51. The Kier molecular flexibility index (Phi) is 3.19. The van der Waals surface area contributed by atoms with E-state index in [2.05, 4.69) is 4.72 Å². The highest BCUT2D eigenvalue weighted by Crippen LogP contribution is 2.29. The first-order chi connectivity index (χ1) is 7.83. The normalized spacial score (nSPS) is 29.6. The molecular weight excluding hydrogens is 260 g/mol. The number of rotatable bonds is 3. The van der Waals surface area contributed by atoms with Crippen molar-refractivity contribution in [2.24, 2.45) is 0 Å². The number of nitrogen functional groups attached to an aromatic ring is 1. The molecule has 0 aliphatic carbocycles. The molecule has 1 aliphatic heterocycles. The second-order valence-corrected chi connectivity index (χ2v) is 7.31. The monoisotopic (exact) mass is 276 g/mol. The summed E-state index contributed by atoms with van der Waals surface area (Å²) in [5, 5.41) is 1.62. The van der Waals surface area contributed by atoms with Gasteiger partial charge in [0.2, 0.25) is 0 Å². The molecule has 3 N–H and O–H groups in total. The maximum Gasteiger partial charge on any atom is 0.250 e. The first-order valence-electron chi connectivity index (χ1n) is 5.33. The quantitative estimate of drug-likeness (QED) is 0.868. The van der Waals surface area contributed by atoms with Gasteiger partial charge in [-0.1, -0.05) is 0 Å². The van der Waals surface area contributed by atoms with E-state index in [4.69, 9.17) is 10.5 Å². The molecule has 5 nitrogen and oxygen atoms in total.